The van der Waals surface area contributed by atoms with Crippen LogP contribution in [0.3, 0.4) is 0 Å². The lowest BCUT2D eigenvalue weighted by Gasteiger charge is -2.47. The summed E-state index contributed by atoms with van der Waals surface area (Å²) in [5, 5.41) is 20.2. The van der Waals surface area contributed by atoms with Gasteiger partial charge in [-0.05, 0) is 43.4 Å². The molecule has 0 aromatic carbocycles. The molecule has 2 saturated carbocycles. The first-order chi connectivity index (χ1) is 6.61. The molecular weight excluding hydrogens is 176 g/mol. The maximum Gasteiger partial charge on any atom is 0.0621 e. The molecule has 4 atom stereocenters. The zero-order valence-corrected chi connectivity index (χ0v) is 9.19. The third kappa shape index (κ3) is 1.59. The number of aliphatic hydroxyl groups excluding tert-OH is 2. The summed E-state index contributed by atoms with van der Waals surface area (Å²) < 4.78 is 0. The number of aliphatic hydroxyl groups is 2. The minimum atomic E-state index is -0.272. The van der Waals surface area contributed by atoms with Gasteiger partial charge in [-0.2, -0.15) is 0 Å². The zero-order chi connectivity index (χ0) is 10.3. The van der Waals surface area contributed by atoms with Gasteiger partial charge in [0.2, 0.25) is 0 Å². The van der Waals surface area contributed by atoms with Crippen LogP contribution in [0.15, 0.2) is 0 Å². The molecule has 0 spiro atoms. The summed E-state index contributed by atoms with van der Waals surface area (Å²) in [5.41, 5.74) is 0. The van der Waals surface area contributed by atoms with Crippen LogP contribution in [0.4, 0.5) is 0 Å². The van der Waals surface area contributed by atoms with Gasteiger partial charge in [0.25, 0.3) is 0 Å². The Hall–Kier alpha value is -0.0800. The molecule has 0 saturated heterocycles. The van der Waals surface area contributed by atoms with Crippen LogP contribution in [0, 0.1) is 23.7 Å². The first-order valence-corrected chi connectivity index (χ1v) is 5.97. The molecule has 2 unspecified atom stereocenters. The molecule has 2 nitrogen and oxygen atoms in total. The van der Waals surface area contributed by atoms with Crippen molar-refractivity contribution in [3.8, 4) is 0 Å². The van der Waals surface area contributed by atoms with Gasteiger partial charge in [0, 0.05) is 5.92 Å². The molecule has 2 aliphatic rings. The fourth-order valence-corrected chi connectivity index (χ4v) is 3.34. The summed E-state index contributed by atoms with van der Waals surface area (Å²) in [7, 11) is 0. The summed E-state index contributed by atoms with van der Waals surface area (Å²) in [6.07, 6.45) is 4.12. The molecular formula is C12H22O2. The van der Waals surface area contributed by atoms with Crippen LogP contribution in [-0.2, 0) is 0 Å². The first-order valence-electron chi connectivity index (χ1n) is 5.97. The van der Waals surface area contributed by atoms with Gasteiger partial charge in [-0.15, -0.1) is 0 Å². The van der Waals surface area contributed by atoms with Crippen LogP contribution in [0.1, 0.15) is 39.5 Å². The lowest BCUT2D eigenvalue weighted by atomic mass is 9.62. The van der Waals surface area contributed by atoms with Gasteiger partial charge in [0.1, 0.15) is 0 Å². The third-order valence-corrected chi connectivity index (χ3v) is 4.48. The summed E-state index contributed by atoms with van der Waals surface area (Å²) in [6, 6.07) is 0. The molecule has 0 aromatic heterocycles. The minimum Gasteiger partial charge on any atom is -0.392 e. The highest BCUT2D eigenvalue weighted by Crippen LogP contribution is 2.44. The van der Waals surface area contributed by atoms with E-state index in [4.69, 9.17) is 0 Å². The normalized spacial score (nSPS) is 54.0. The molecule has 0 aliphatic heterocycles. The van der Waals surface area contributed by atoms with Crippen molar-refractivity contribution in [1.29, 1.82) is 0 Å². The Morgan fingerprint density at radius 1 is 0.786 bits per heavy atom. The van der Waals surface area contributed by atoms with E-state index in [1.807, 2.05) is 0 Å². The second kappa shape index (κ2) is 3.82. The SMILES string of the molecule is C[C@H]1CCC2CC[C@H](C)C(O)C2C1O. The van der Waals surface area contributed by atoms with Gasteiger partial charge >= 0.3 is 0 Å². The van der Waals surface area contributed by atoms with Crippen LogP contribution in [0.25, 0.3) is 0 Å². The number of rotatable bonds is 0. The highest BCUT2D eigenvalue weighted by atomic mass is 16.3. The maximum absolute atomic E-state index is 10.1. The first kappa shape index (κ1) is 10.4. The van der Waals surface area contributed by atoms with Crippen LogP contribution in [0.5, 0.6) is 0 Å². The van der Waals surface area contributed by atoms with Crippen LogP contribution in [0.2, 0.25) is 0 Å². The van der Waals surface area contributed by atoms with Gasteiger partial charge in [-0.1, -0.05) is 13.8 Å². The Balaban J connectivity index is 2.13. The molecule has 0 aromatic rings. The fourth-order valence-electron chi connectivity index (χ4n) is 3.34. The van der Waals surface area contributed by atoms with E-state index in [0.29, 0.717) is 17.8 Å². The lowest BCUT2D eigenvalue weighted by molar-refractivity contribution is -0.109. The quantitative estimate of drug-likeness (QED) is 0.623. The van der Waals surface area contributed by atoms with Crippen molar-refractivity contribution >= 4 is 0 Å². The maximum atomic E-state index is 10.1. The van der Waals surface area contributed by atoms with E-state index in [1.165, 1.54) is 12.8 Å². The summed E-state index contributed by atoms with van der Waals surface area (Å²) in [6.45, 7) is 4.21. The van der Waals surface area contributed by atoms with Gasteiger partial charge in [0.15, 0.2) is 0 Å². The minimum absolute atomic E-state index is 0.155. The molecule has 2 heteroatoms. The highest BCUT2D eigenvalue weighted by molar-refractivity contribution is 4.94. The van der Waals surface area contributed by atoms with Crippen molar-refractivity contribution in [2.45, 2.75) is 51.7 Å². The zero-order valence-electron chi connectivity index (χ0n) is 9.19. The Labute approximate surface area is 86.3 Å². The Morgan fingerprint density at radius 3 is 1.64 bits per heavy atom. The van der Waals surface area contributed by atoms with E-state index >= 15 is 0 Å². The lowest BCUT2D eigenvalue weighted by Crippen LogP contribution is -2.49. The Morgan fingerprint density at radius 2 is 1.21 bits per heavy atom. The van der Waals surface area contributed by atoms with Crippen molar-refractivity contribution < 1.29 is 10.2 Å². The summed E-state index contributed by atoms with van der Waals surface area (Å²) in [5.74, 6) is 1.47. The highest BCUT2D eigenvalue weighted by Gasteiger charge is 2.44. The summed E-state index contributed by atoms with van der Waals surface area (Å²) >= 11 is 0. The topological polar surface area (TPSA) is 40.5 Å². The second-order valence-electron chi connectivity index (χ2n) is 5.43. The van der Waals surface area contributed by atoms with Crippen molar-refractivity contribution in [3.63, 3.8) is 0 Å². The Kier molecular flexibility index (Phi) is 2.85. The predicted molar refractivity (Wildman–Crippen MR) is 55.8 cm³/mol. The third-order valence-electron chi connectivity index (χ3n) is 4.48. The van der Waals surface area contributed by atoms with E-state index in [2.05, 4.69) is 13.8 Å². The van der Waals surface area contributed by atoms with Crippen LogP contribution >= 0.6 is 0 Å². The van der Waals surface area contributed by atoms with E-state index in [9.17, 15) is 10.2 Å². The van der Waals surface area contributed by atoms with E-state index in [0.717, 1.165) is 12.8 Å². The average molecular weight is 198 g/mol. The molecule has 2 aliphatic carbocycles. The molecule has 0 amide bonds. The molecule has 2 fully saturated rings. The second-order valence-corrected chi connectivity index (χ2v) is 5.43. The number of hydrogen-bond donors (Lipinski definition) is 2. The summed E-state index contributed by atoms with van der Waals surface area (Å²) in [4.78, 5) is 0. The smallest absolute Gasteiger partial charge is 0.0621 e. The van der Waals surface area contributed by atoms with Crippen molar-refractivity contribution in [1.82, 2.24) is 0 Å². The number of hydrogen-bond acceptors (Lipinski definition) is 2. The van der Waals surface area contributed by atoms with E-state index in [-0.39, 0.29) is 18.1 Å². The van der Waals surface area contributed by atoms with Crippen molar-refractivity contribution in [2.75, 3.05) is 0 Å². The molecule has 0 bridgehead atoms. The monoisotopic (exact) mass is 198 g/mol. The molecule has 2 rings (SSSR count). The van der Waals surface area contributed by atoms with Crippen LogP contribution in [-0.4, -0.2) is 22.4 Å². The van der Waals surface area contributed by atoms with E-state index in [1.54, 1.807) is 0 Å². The molecule has 82 valence electrons. The molecule has 2 N–H and O–H groups in total. The van der Waals surface area contributed by atoms with Gasteiger partial charge in [-0.3, -0.25) is 0 Å². The van der Waals surface area contributed by atoms with Crippen molar-refractivity contribution in [2.24, 2.45) is 23.7 Å². The van der Waals surface area contributed by atoms with Gasteiger partial charge in [0.05, 0.1) is 12.2 Å². The van der Waals surface area contributed by atoms with E-state index < -0.39 is 0 Å². The average Bonchev–Trinajstić information content (AvgIpc) is 2.17. The largest absolute Gasteiger partial charge is 0.392 e. The van der Waals surface area contributed by atoms with Crippen molar-refractivity contribution in [3.05, 3.63) is 0 Å². The molecule has 0 heterocycles. The fraction of sp³-hybridized carbons (Fsp3) is 1.00. The Bertz CT molecular complexity index is 182. The molecule has 0 radical (unpaired) electrons. The van der Waals surface area contributed by atoms with Gasteiger partial charge < -0.3 is 10.2 Å². The van der Waals surface area contributed by atoms with Gasteiger partial charge in [-0.25, -0.2) is 0 Å². The predicted octanol–water partition coefficient (Wildman–Crippen LogP) is 1.80. The molecule has 14 heavy (non-hydrogen) atoms. The standard InChI is InChI=1S/C12H22O2/c1-7-3-5-9-6-4-8(2)12(14)10(9)11(7)13/h7-14H,3-6H2,1-2H3/t7-,8-,9?,10?,11?,12?/m0/s1. The van der Waals surface area contributed by atoms with Crippen LogP contribution < -0.4 is 0 Å². The number of fused-ring (bicyclic) bond motifs is 1.